The largest absolute Gasteiger partial charge is 0.308 e. The average Bonchev–Trinajstić information content (AvgIpc) is 4.21. The highest BCUT2D eigenvalue weighted by Gasteiger charge is 2.28. The van der Waals surface area contributed by atoms with Gasteiger partial charge in [0, 0.05) is 81.6 Å². The summed E-state index contributed by atoms with van der Waals surface area (Å²) in [4.78, 5) is 26.7. The molecule has 0 amide bonds. The zero-order valence-electron chi connectivity index (χ0n) is 39.1. The van der Waals surface area contributed by atoms with E-state index in [4.69, 9.17) is 24.9 Å². The quantitative estimate of drug-likeness (QED) is 0.159. The number of para-hydroxylation sites is 4. The van der Waals surface area contributed by atoms with Crippen molar-refractivity contribution in [2.24, 2.45) is 0 Å². The minimum atomic E-state index is 0.514. The highest BCUT2D eigenvalue weighted by Crippen LogP contribution is 2.51. The Morgan fingerprint density at radius 1 is 0.315 bits per heavy atom. The topological polar surface area (TPSA) is 74.3 Å². The molecule has 0 N–H and O–H groups in total. The van der Waals surface area contributed by atoms with Crippen LogP contribution in [0.25, 0.3) is 143 Å². The molecule has 0 aliphatic rings. The van der Waals surface area contributed by atoms with E-state index in [2.05, 4.69) is 167 Å². The third-order valence-corrected chi connectivity index (χ3v) is 15.3. The number of nitrogens with zero attached hydrogens (tertiary/aromatic N) is 7. The summed E-state index contributed by atoms with van der Waals surface area (Å²) in [7, 11) is 0. The number of rotatable bonds is 7. The van der Waals surface area contributed by atoms with Crippen molar-refractivity contribution in [2.75, 3.05) is 0 Å². The Morgan fingerprint density at radius 2 is 0.822 bits per heavy atom. The molecule has 8 heteroatoms. The van der Waals surface area contributed by atoms with Gasteiger partial charge in [-0.2, -0.15) is 0 Å². The molecule has 5 aromatic heterocycles. The van der Waals surface area contributed by atoms with E-state index in [-0.39, 0.29) is 0 Å². The van der Waals surface area contributed by atoms with Crippen molar-refractivity contribution in [1.29, 1.82) is 0 Å². The Balaban J connectivity index is 1.10. The number of fused-ring (bicyclic) bond motifs is 13. The first kappa shape index (κ1) is 41.2. The Morgan fingerprint density at radius 3 is 1.49 bits per heavy atom. The van der Waals surface area contributed by atoms with Gasteiger partial charge in [-0.3, -0.25) is 0 Å². The molecule has 10 aromatic carbocycles. The average molecular weight is 950 g/mol. The standard InChI is InChI=1S/C65H39N7S/c1-5-21-40(22-6-1)58-46-29-13-17-33-51(46)66-64(67-58)45-38-37-44(39-50(45)65-69-62(41-23-7-2-8-24-41)68-63(70-65)42-25-9-3-10-26-42)72-52-34-18-14-30-47(52)55-56-49-32-16-20-36-54(49)73-61(56)60-57(59(55)72)48-31-15-19-35-53(48)71(60)43-27-11-4-12-28-43/h1-39H. The van der Waals surface area contributed by atoms with Gasteiger partial charge in [0.2, 0.25) is 0 Å². The van der Waals surface area contributed by atoms with Gasteiger partial charge < -0.3 is 9.13 Å². The monoisotopic (exact) mass is 949 g/mol. The van der Waals surface area contributed by atoms with Crippen LogP contribution < -0.4 is 0 Å². The third kappa shape index (κ3) is 6.47. The van der Waals surface area contributed by atoms with Crippen LogP contribution in [-0.2, 0) is 0 Å². The van der Waals surface area contributed by atoms with E-state index in [0.29, 0.717) is 23.3 Å². The molecule has 340 valence electrons. The molecule has 5 heterocycles. The lowest BCUT2D eigenvalue weighted by molar-refractivity contribution is 1.07. The summed E-state index contributed by atoms with van der Waals surface area (Å²) < 4.78 is 7.46. The third-order valence-electron chi connectivity index (χ3n) is 14.2. The van der Waals surface area contributed by atoms with Gasteiger partial charge in [0.15, 0.2) is 23.3 Å². The number of hydrogen-bond acceptors (Lipinski definition) is 6. The lowest BCUT2D eigenvalue weighted by Gasteiger charge is -2.16. The van der Waals surface area contributed by atoms with Gasteiger partial charge in [-0.1, -0.05) is 182 Å². The van der Waals surface area contributed by atoms with E-state index >= 15 is 0 Å². The molecule has 0 aliphatic carbocycles. The summed E-state index contributed by atoms with van der Waals surface area (Å²) in [6.07, 6.45) is 0. The van der Waals surface area contributed by atoms with Crippen LogP contribution in [-0.4, -0.2) is 34.1 Å². The van der Waals surface area contributed by atoms with Gasteiger partial charge in [-0.15, -0.1) is 11.3 Å². The fourth-order valence-corrected chi connectivity index (χ4v) is 12.2. The van der Waals surface area contributed by atoms with Crippen molar-refractivity contribution >= 4 is 86.0 Å². The smallest absolute Gasteiger partial charge is 0.164 e. The Bertz CT molecular complexity index is 4600. The van der Waals surface area contributed by atoms with Crippen molar-refractivity contribution in [1.82, 2.24) is 34.1 Å². The van der Waals surface area contributed by atoms with E-state index in [1.165, 1.54) is 47.2 Å². The summed E-state index contributed by atoms with van der Waals surface area (Å²) in [5, 5.41) is 8.25. The van der Waals surface area contributed by atoms with E-state index in [1.807, 2.05) is 90.2 Å². The molecule has 15 aromatic rings. The van der Waals surface area contributed by atoms with E-state index in [0.717, 1.165) is 72.3 Å². The van der Waals surface area contributed by atoms with Gasteiger partial charge in [-0.25, -0.2) is 24.9 Å². The molecular weight excluding hydrogens is 911 g/mol. The highest BCUT2D eigenvalue weighted by atomic mass is 32.1. The predicted octanol–water partition coefficient (Wildman–Crippen LogP) is 16.7. The van der Waals surface area contributed by atoms with E-state index in [9.17, 15) is 0 Å². The first-order valence-corrected chi connectivity index (χ1v) is 25.2. The van der Waals surface area contributed by atoms with Crippen LogP contribution in [0.5, 0.6) is 0 Å². The lowest BCUT2D eigenvalue weighted by Crippen LogP contribution is -2.04. The number of aromatic nitrogens is 7. The Labute approximate surface area is 422 Å². The fourth-order valence-electron chi connectivity index (χ4n) is 11.0. The SMILES string of the molecule is c1ccc(-c2nc(-c3ccccc3)nc(-c3cc(-n4c5ccccc5c5c6c7ccccc7sc6c6c(c7ccccc7n6-c6ccccc6)c54)ccc3-c3nc(-c4ccccc4)c4ccccc4n3)n2)cc1. The molecule has 0 saturated carbocycles. The summed E-state index contributed by atoms with van der Waals surface area (Å²) in [5.41, 5.74) is 12.7. The number of benzene rings is 10. The van der Waals surface area contributed by atoms with Crippen molar-refractivity contribution in [2.45, 2.75) is 0 Å². The summed E-state index contributed by atoms with van der Waals surface area (Å²) in [6, 6.07) is 82.9. The molecule has 0 saturated heterocycles. The Kier molecular flexibility index (Phi) is 9.30. The molecule has 15 rings (SSSR count). The summed E-state index contributed by atoms with van der Waals surface area (Å²) in [6.45, 7) is 0. The maximum Gasteiger partial charge on any atom is 0.164 e. The number of hydrogen-bond donors (Lipinski definition) is 0. The highest BCUT2D eigenvalue weighted by molar-refractivity contribution is 7.27. The molecule has 0 spiro atoms. The molecule has 0 atom stereocenters. The van der Waals surface area contributed by atoms with Gasteiger partial charge in [0.25, 0.3) is 0 Å². The fraction of sp³-hybridized carbons (Fsp3) is 0. The normalized spacial score (nSPS) is 11.8. The van der Waals surface area contributed by atoms with Crippen LogP contribution in [0.4, 0.5) is 0 Å². The molecule has 0 bridgehead atoms. The van der Waals surface area contributed by atoms with Crippen molar-refractivity contribution in [3.63, 3.8) is 0 Å². The molecule has 7 nitrogen and oxygen atoms in total. The number of thiophene rings is 1. The van der Waals surface area contributed by atoms with Crippen LogP contribution >= 0.6 is 11.3 Å². The van der Waals surface area contributed by atoms with Gasteiger partial charge in [0.05, 0.1) is 38.0 Å². The molecule has 0 unspecified atom stereocenters. The maximum atomic E-state index is 5.45. The van der Waals surface area contributed by atoms with E-state index in [1.54, 1.807) is 0 Å². The minimum absolute atomic E-state index is 0.514. The van der Waals surface area contributed by atoms with Crippen LogP contribution in [0.1, 0.15) is 0 Å². The summed E-state index contributed by atoms with van der Waals surface area (Å²) in [5.74, 6) is 2.23. The molecule has 0 aliphatic heterocycles. The molecule has 0 fully saturated rings. The second-order valence-electron chi connectivity index (χ2n) is 18.3. The molecule has 73 heavy (non-hydrogen) atoms. The van der Waals surface area contributed by atoms with Crippen LogP contribution in [0.15, 0.2) is 237 Å². The van der Waals surface area contributed by atoms with Gasteiger partial charge in [0.1, 0.15) is 0 Å². The van der Waals surface area contributed by atoms with Crippen LogP contribution in [0, 0.1) is 0 Å². The van der Waals surface area contributed by atoms with Crippen LogP contribution in [0.3, 0.4) is 0 Å². The van der Waals surface area contributed by atoms with Crippen molar-refractivity contribution in [3.05, 3.63) is 237 Å². The van der Waals surface area contributed by atoms with E-state index < -0.39 is 0 Å². The molecule has 0 radical (unpaired) electrons. The van der Waals surface area contributed by atoms with Gasteiger partial charge in [-0.05, 0) is 54.6 Å². The second kappa shape index (κ2) is 16.5. The van der Waals surface area contributed by atoms with Crippen molar-refractivity contribution in [3.8, 4) is 68.2 Å². The second-order valence-corrected chi connectivity index (χ2v) is 19.4. The predicted molar refractivity (Wildman–Crippen MR) is 302 cm³/mol. The Hall–Kier alpha value is -9.63. The zero-order chi connectivity index (χ0) is 48.0. The first-order chi connectivity index (χ1) is 36.2. The molecular formula is C65H39N7S. The zero-order valence-corrected chi connectivity index (χ0v) is 39.9. The van der Waals surface area contributed by atoms with Gasteiger partial charge >= 0.3 is 0 Å². The minimum Gasteiger partial charge on any atom is -0.308 e. The summed E-state index contributed by atoms with van der Waals surface area (Å²) >= 11 is 1.88. The first-order valence-electron chi connectivity index (χ1n) is 24.4. The van der Waals surface area contributed by atoms with Crippen LogP contribution in [0.2, 0.25) is 0 Å². The lowest BCUT2D eigenvalue weighted by atomic mass is 10.0. The maximum absolute atomic E-state index is 5.45. The van der Waals surface area contributed by atoms with Crippen molar-refractivity contribution < 1.29 is 0 Å².